The second kappa shape index (κ2) is 4.33. The van der Waals surface area contributed by atoms with Crippen molar-refractivity contribution < 1.29 is 14.3 Å². The number of nitrogens with zero attached hydrogens (tertiary/aromatic N) is 1. The van der Waals surface area contributed by atoms with Crippen LogP contribution in [0.5, 0.6) is 0 Å². The maximum atomic E-state index is 11.8. The molecule has 0 amide bonds. The number of aryl methyl sites for hydroxylation is 2. The normalized spacial score (nSPS) is 19.4. The number of carbonyl (C=O) groups excluding carboxylic acids is 2. The molecule has 0 bridgehead atoms. The maximum Gasteiger partial charge on any atom is 0.321 e. The van der Waals surface area contributed by atoms with Crippen molar-refractivity contribution in [3.8, 4) is 0 Å². The summed E-state index contributed by atoms with van der Waals surface area (Å²) in [6, 6.07) is 0. The molecule has 2 rings (SSSR count). The minimum Gasteiger partial charge on any atom is -0.465 e. The van der Waals surface area contributed by atoms with Crippen LogP contribution < -0.4 is 0 Å². The highest BCUT2D eigenvalue weighted by molar-refractivity contribution is 7.12. The highest BCUT2D eigenvalue weighted by atomic mass is 32.1. The summed E-state index contributed by atoms with van der Waals surface area (Å²) in [6.45, 7) is 3.93. The Morgan fingerprint density at radius 1 is 1.56 bits per heavy atom. The fraction of sp³-hybridized carbons (Fsp3) is 0.545. The van der Waals surface area contributed by atoms with Gasteiger partial charge in [0.25, 0.3) is 0 Å². The summed E-state index contributed by atoms with van der Waals surface area (Å²) in [4.78, 5) is 28.6. The second-order valence-corrected chi connectivity index (χ2v) is 4.93. The highest BCUT2D eigenvalue weighted by Gasteiger charge is 2.37. The fourth-order valence-electron chi connectivity index (χ4n) is 1.89. The van der Waals surface area contributed by atoms with E-state index in [4.69, 9.17) is 4.74 Å². The number of esters is 1. The van der Waals surface area contributed by atoms with Gasteiger partial charge in [-0.2, -0.15) is 0 Å². The van der Waals surface area contributed by atoms with E-state index in [2.05, 4.69) is 4.98 Å². The lowest BCUT2D eigenvalue weighted by Gasteiger charge is -2.18. The SMILES string of the molecule is CCOC(=O)[C@@H]1C(=O)CCc2nc(C)sc21. The van der Waals surface area contributed by atoms with Crippen LogP contribution in [0, 0.1) is 6.92 Å². The molecule has 0 aliphatic heterocycles. The zero-order valence-electron chi connectivity index (χ0n) is 9.28. The van der Waals surface area contributed by atoms with Crippen LogP contribution in [0.15, 0.2) is 0 Å². The van der Waals surface area contributed by atoms with Gasteiger partial charge in [0.2, 0.25) is 0 Å². The summed E-state index contributed by atoms with van der Waals surface area (Å²) in [6.07, 6.45) is 1.04. The van der Waals surface area contributed by atoms with Gasteiger partial charge in [0.05, 0.1) is 17.3 Å². The third-order valence-electron chi connectivity index (χ3n) is 2.55. The molecule has 0 fully saturated rings. The molecule has 0 saturated carbocycles. The lowest BCUT2D eigenvalue weighted by Crippen LogP contribution is -2.28. The lowest BCUT2D eigenvalue weighted by atomic mass is 9.90. The van der Waals surface area contributed by atoms with Crippen molar-refractivity contribution in [3.05, 3.63) is 15.6 Å². The Balaban J connectivity index is 2.36. The minimum absolute atomic E-state index is 0.0467. The van der Waals surface area contributed by atoms with Crippen molar-refractivity contribution in [1.29, 1.82) is 0 Å². The Bertz CT molecular complexity index is 438. The zero-order valence-corrected chi connectivity index (χ0v) is 10.1. The van der Waals surface area contributed by atoms with Gasteiger partial charge in [-0.1, -0.05) is 0 Å². The zero-order chi connectivity index (χ0) is 11.7. The molecular formula is C11H13NO3S. The van der Waals surface area contributed by atoms with Crippen LogP contribution in [-0.2, 0) is 20.7 Å². The molecule has 1 aliphatic carbocycles. The molecule has 5 heteroatoms. The first-order valence-electron chi connectivity index (χ1n) is 5.29. The van der Waals surface area contributed by atoms with Crippen LogP contribution in [0.3, 0.4) is 0 Å². The van der Waals surface area contributed by atoms with Gasteiger partial charge in [-0.25, -0.2) is 4.98 Å². The topological polar surface area (TPSA) is 56.3 Å². The van der Waals surface area contributed by atoms with Crippen molar-refractivity contribution in [1.82, 2.24) is 4.98 Å². The molecule has 86 valence electrons. The summed E-state index contributed by atoms with van der Waals surface area (Å²) in [7, 11) is 0. The fourth-order valence-corrected chi connectivity index (χ4v) is 2.97. The van der Waals surface area contributed by atoms with Crippen LogP contribution in [-0.4, -0.2) is 23.3 Å². The van der Waals surface area contributed by atoms with Gasteiger partial charge in [-0.3, -0.25) is 9.59 Å². The van der Waals surface area contributed by atoms with Crippen molar-refractivity contribution in [3.63, 3.8) is 0 Å². The first-order chi connectivity index (χ1) is 7.63. The van der Waals surface area contributed by atoms with Crippen LogP contribution in [0.2, 0.25) is 0 Å². The number of fused-ring (bicyclic) bond motifs is 1. The van der Waals surface area contributed by atoms with Gasteiger partial charge in [-0.15, -0.1) is 11.3 Å². The summed E-state index contributed by atoms with van der Waals surface area (Å²) < 4.78 is 4.94. The third-order valence-corrected chi connectivity index (χ3v) is 3.63. The Hall–Kier alpha value is -1.23. The molecule has 0 saturated heterocycles. The number of thiazole rings is 1. The summed E-state index contributed by atoms with van der Waals surface area (Å²) >= 11 is 1.42. The van der Waals surface area contributed by atoms with E-state index in [-0.39, 0.29) is 5.78 Å². The quantitative estimate of drug-likeness (QED) is 0.581. The van der Waals surface area contributed by atoms with Gasteiger partial charge in [0.1, 0.15) is 0 Å². The molecule has 0 radical (unpaired) electrons. The average Bonchev–Trinajstić information content (AvgIpc) is 2.58. The number of Topliss-reactive ketones (excluding diaryl/α,β-unsaturated/α-hetero) is 1. The highest BCUT2D eigenvalue weighted by Crippen LogP contribution is 2.34. The molecule has 0 aromatic carbocycles. The Kier molecular flexibility index (Phi) is 3.05. The number of ketones is 1. The smallest absolute Gasteiger partial charge is 0.321 e. The molecule has 0 spiro atoms. The molecular weight excluding hydrogens is 226 g/mol. The van der Waals surface area contributed by atoms with Crippen molar-refractivity contribution in [2.24, 2.45) is 0 Å². The van der Waals surface area contributed by atoms with E-state index in [0.29, 0.717) is 19.4 Å². The van der Waals surface area contributed by atoms with E-state index >= 15 is 0 Å². The molecule has 16 heavy (non-hydrogen) atoms. The van der Waals surface area contributed by atoms with Gasteiger partial charge in [0, 0.05) is 11.3 Å². The van der Waals surface area contributed by atoms with Crippen LogP contribution in [0.4, 0.5) is 0 Å². The molecule has 4 nitrogen and oxygen atoms in total. The first-order valence-corrected chi connectivity index (χ1v) is 6.10. The largest absolute Gasteiger partial charge is 0.465 e. The monoisotopic (exact) mass is 239 g/mol. The summed E-state index contributed by atoms with van der Waals surface area (Å²) in [5, 5.41) is 0.897. The van der Waals surface area contributed by atoms with E-state index in [1.165, 1.54) is 11.3 Å². The first kappa shape index (κ1) is 11.3. The molecule has 1 atom stereocenters. The Morgan fingerprint density at radius 3 is 3.00 bits per heavy atom. The van der Waals surface area contributed by atoms with Crippen LogP contribution in [0.1, 0.15) is 34.8 Å². The van der Waals surface area contributed by atoms with Gasteiger partial charge >= 0.3 is 5.97 Å². The van der Waals surface area contributed by atoms with Crippen molar-refractivity contribution in [2.45, 2.75) is 32.6 Å². The number of aromatic nitrogens is 1. The van der Waals surface area contributed by atoms with E-state index in [0.717, 1.165) is 15.6 Å². The molecule has 1 aliphatic rings. The van der Waals surface area contributed by atoms with Crippen molar-refractivity contribution in [2.75, 3.05) is 6.61 Å². The van der Waals surface area contributed by atoms with E-state index in [9.17, 15) is 9.59 Å². The predicted molar refractivity (Wildman–Crippen MR) is 59.6 cm³/mol. The molecule has 0 unspecified atom stereocenters. The number of hydrogen-bond donors (Lipinski definition) is 0. The number of rotatable bonds is 2. The van der Waals surface area contributed by atoms with Crippen LogP contribution in [0.25, 0.3) is 0 Å². The second-order valence-electron chi connectivity index (χ2n) is 3.70. The summed E-state index contributed by atoms with van der Waals surface area (Å²) in [5.74, 6) is -1.21. The summed E-state index contributed by atoms with van der Waals surface area (Å²) in [5.41, 5.74) is 0.889. The standard InChI is InChI=1S/C11H13NO3S/c1-3-15-11(14)9-8(13)5-4-7-10(9)16-6(2)12-7/h9H,3-5H2,1-2H3/t9-/m1/s1. The molecule has 0 N–H and O–H groups in total. The van der Waals surface area contributed by atoms with Gasteiger partial charge < -0.3 is 4.74 Å². The minimum atomic E-state index is -0.727. The van der Waals surface area contributed by atoms with Gasteiger partial charge in [-0.05, 0) is 20.3 Å². The number of hydrogen-bond acceptors (Lipinski definition) is 5. The third kappa shape index (κ3) is 1.87. The Morgan fingerprint density at radius 2 is 2.31 bits per heavy atom. The molecule has 1 aromatic heterocycles. The predicted octanol–water partition coefficient (Wildman–Crippen LogP) is 1.61. The molecule has 1 heterocycles. The van der Waals surface area contributed by atoms with Crippen molar-refractivity contribution >= 4 is 23.1 Å². The average molecular weight is 239 g/mol. The van der Waals surface area contributed by atoms with Gasteiger partial charge in [0.15, 0.2) is 11.7 Å². The van der Waals surface area contributed by atoms with Crippen LogP contribution >= 0.6 is 11.3 Å². The Labute approximate surface area is 97.6 Å². The number of ether oxygens (including phenoxy) is 1. The van der Waals surface area contributed by atoms with E-state index < -0.39 is 11.9 Å². The van der Waals surface area contributed by atoms with E-state index in [1.807, 2.05) is 6.92 Å². The van der Waals surface area contributed by atoms with E-state index in [1.54, 1.807) is 6.92 Å². The maximum absolute atomic E-state index is 11.8. The molecule has 1 aromatic rings. The lowest BCUT2D eigenvalue weighted by molar-refractivity contribution is -0.148. The number of carbonyl (C=O) groups is 2.